The van der Waals surface area contributed by atoms with Crippen LogP contribution in [0.4, 0.5) is 0 Å². The molecule has 0 radical (unpaired) electrons. The Balaban J connectivity index is 4.38. The van der Waals surface area contributed by atoms with Gasteiger partial charge in [-0.05, 0) is 6.42 Å². The predicted octanol–water partition coefficient (Wildman–Crippen LogP) is 0.608. The van der Waals surface area contributed by atoms with E-state index in [2.05, 4.69) is 10.1 Å². The summed E-state index contributed by atoms with van der Waals surface area (Å²) in [5.41, 5.74) is 0. The molecule has 2 atom stereocenters. The van der Waals surface area contributed by atoms with Crippen LogP contribution in [-0.4, -0.2) is 45.0 Å². The second-order valence-electron chi connectivity index (χ2n) is 3.49. The zero-order chi connectivity index (χ0) is 12.8. The van der Waals surface area contributed by atoms with E-state index in [-0.39, 0.29) is 18.5 Å². The summed E-state index contributed by atoms with van der Waals surface area (Å²) in [5.74, 6) is -0.884. The normalized spacial score (nSPS) is 16.0. The summed E-state index contributed by atoms with van der Waals surface area (Å²) in [7, 11) is -0.0914. The lowest BCUT2D eigenvalue weighted by atomic mass is 10.2. The van der Waals surface area contributed by atoms with Crippen molar-refractivity contribution >= 4 is 19.2 Å². The van der Waals surface area contributed by atoms with Gasteiger partial charge in [-0.3, -0.25) is 9.36 Å². The van der Waals surface area contributed by atoms with Crippen molar-refractivity contribution in [3.05, 3.63) is 0 Å². The fourth-order valence-corrected chi connectivity index (χ4v) is 2.00. The number of amides is 1. The van der Waals surface area contributed by atoms with Gasteiger partial charge >= 0.3 is 5.97 Å². The minimum absolute atomic E-state index is 0.212. The molecule has 0 aromatic carbocycles. The quantitative estimate of drug-likeness (QED) is 0.552. The fourth-order valence-electron chi connectivity index (χ4n) is 1.09. The summed E-state index contributed by atoms with van der Waals surface area (Å²) >= 11 is 0. The molecule has 0 aliphatic rings. The lowest BCUT2D eigenvalue weighted by Crippen LogP contribution is -2.40. The molecule has 0 saturated carbocycles. The van der Waals surface area contributed by atoms with Crippen LogP contribution in [0.25, 0.3) is 0 Å². The number of nitrogens with one attached hydrogen (secondary N) is 1. The predicted molar refractivity (Wildman–Crippen MR) is 59.6 cm³/mol. The molecule has 1 N–H and O–H groups in total. The zero-order valence-corrected chi connectivity index (χ0v) is 10.9. The van der Waals surface area contributed by atoms with Gasteiger partial charge in [-0.1, -0.05) is 0 Å². The molecule has 16 heavy (non-hydrogen) atoms. The number of methoxy groups -OCH3 is 1. The van der Waals surface area contributed by atoms with Crippen LogP contribution in [0.2, 0.25) is 0 Å². The van der Waals surface area contributed by atoms with Crippen LogP contribution in [-0.2, 0) is 23.4 Å². The van der Waals surface area contributed by atoms with E-state index < -0.39 is 19.4 Å². The molecule has 1 amide bonds. The maximum Gasteiger partial charge on any atom is 0.328 e. The molecule has 0 aromatic rings. The van der Waals surface area contributed by atoms with Crippen LogP contribution in [0.5, 0.6) is 0 Å². The molecule has 94 valence electrons. The van der Waals surface area contributed by atoms with E-state index in [1.807, 2.05) is 0 Å². The van der Waals surface area contributed by atoms with Crippen molar-refractivity contribution in [2.45, 2.75) is 19.4 Å². The lowest BCUT2D eigenvalue weighted by Gasteiger charge is -2.17. The minimum atomic E-state index is -2.68. The zero-order valence-electron chi connectivity index (χ0n) is 9.98. The highest BCUT2D eigenvalue weighted by Gasteiger charge is 2.24. The van der Waals surface area contributed by atoms with Crippen molar-refractivity contribution in [3.63, 3.8) is 0 Å². The lowest BCUT2D eigenvalue weighted by molar-refractivity contribution is -0.144. The minimum Gasteiger partial charge on any atom is -0.467 e. The third-order valence-electron chi connectivity index (χ3n) is 2.07. The average Bonchev–Trinajstić information content (AvgIpc) is 2.22. The molecule has 6 nitrogen and oxygen atoms in total. The standard InChI is InChI=1S/C9H18NO5P/c1-7(11)10-8(9(12)14-2)5-6-16(4,13)15-3/h8H,5-6H2,1-4H3,(H,10,11). The van der Waals surface area contributed by atoms with Gasteiger partial charge in [0, 0.05) is 26.9 Å². The first-order valence-electron chi connectivity index (χ1n) is 4.79. The Labute approximate surface area is 95.1 Å². The Morgan fingerprint density at radius 3 is 2.31 bits per heavy atom. The van der Waals surface area contributed by atoms with Crippen molar-refractivity contribution in [3.8, 4) is 0 Å². The highest BCUT2D eigenvalue weighted by atomic mass is 31.2. The number of hydrogen-bond donors (Lipinski definition) is 1. The average molecular weight is 251 g/mol. The summed E-state index contributed by atoms with van der Waals surface area (Å²) in [4.78, 5) is 22.1. The topological polar surface area (TPSA) is 81.7 Å². The third kappa shape index (κ3) is 5.88. The van der Waals surface area contributed by atoms with Gasteiger partial charge < -0.3 is 14.6 Å². The number of hydrogen-bond acceptors (Lipinski definition) is 5. The van der Waals surface area contributed by atoms with E-state index in [1.165, 1.54) is 27.8 Å². The van der Waals surface area contributed by atoms with Gasteiger partial charge in [-0.15, -0.1) is 0 Å². The van der Waals surface area contributed by atoms with Crippen LogP contribution in [0.15, 0.2) is 0 Å². The van der Waals surface area contributed by atoms with Gasteiger partial charge in [0.1, 0.15) is 6.04 Å². The van der Waals surface area contributed by atoms with Crippen LogP contribution in [0.1, 0.15) is 13.3 Å². The smallest absolute Gasteiger partial charge is 0.328 e. The van der Waals surface area contributed by atoms with Gasteiger partial charge in [0.2, 0.25) is 5.91 Å². The van der Waals surface area contributed by atoms with Gasteiger partial charge in [-0.2, -0.15) is 0 Å². The maximum atomic E-state index is 11.6. The fraction of sp³-hybridized carbons (Fsp3) is 0.778. The SMILES string of the molecule is COC(=O)C(CCP(C)(=O)OC)NC(C)=O. The second kappa shape index (κ2) is 6.66. The number of ether oxygens (including phenoxy) is 1. The van der Waals surface area contributed by atoms with Crippen molar-refractivity contribution in [2.75, 3.05) is 27.0 Å². The van der Waals surface area contributed by atoms with E-state index in [1.54, 1.807) is 0 Å². The molecule has 0 spiro atoms. The Kier molecular flexibility index (Phi) is 6.29. The summed E-state index contributed by atoms with van der Waals surface area (Å²) in [6, 6.07) is -0.772. The van der Waals surface area contributed by atoms with Gasteiger partial charge in [0.25, 0.3) is 0 Å². The molecular formula is C9H18NO5P. The number of carbonyl (C=O) groups excluding carboxylic acids is 2. The molecule has 0 bridgehead atoms. The van der Waals surface area contributed by atoms with Crippen molar-refractivity contribution < 1.29 is 23.4 Å². The van der Waals surface area contributed by atoms with E-state index in [0.717, 1.165) is 0 Å². The highest BCUT2D eigenvalue weighted by molar-refractivity contribution is 7.58. The first-order chi connectivity index (χ1) is 7.32. The van der Waals surface area contributed by atoms with E-state index in [0.29, 0.717) is 0 Å². The molecule has 0 heterocycles. The first-order valence-corrected chi connectivity index (χ1v) is 7.05. The summed E-state index contributed by atoms with van der Waals surface area (Å²) < 4.78 is 20.9. The van der Waals surface area contributed by atoms with Crippen LogP contribution in [0, 0.1) is 0 Å². The van der Waals surface area contributed by atoms with Gasteiger partial charge in [0.15, 0.2) is 7.37 Å². The highest BCUT2D eigenvalue weighted by Crippen LogP contribution is 2.42. The van der Waals surface area contributed by atoms with Crippen LogP contribution in [0.3, 0.4) is 0 Å². The Morgan fingerprint density at radius 1 is 1.38 bits per heavy atom. The van der Waals surface area contributed by atoms with E-state index >= 15 is 0 Å². The molecule has 0 saturated heterocycles. The largest absolute Gasteiger partial charge is 0.467 e. The molecule has 0 fully saturated rings. The molecule has 7 heteroatoms. The number of esters is 1. The van der Waals surface area contributed by atoms with Gasteiger partial charge in [0.05, 0.1) is 7.11 Å². The molecule has 0 aromatic heterocycles. The molecule has 0 aliphatic heterocycles. The van der Waals surface area contributed by atoms with Crippen molar-refractivity contribution in [2.24, 2.45) is 0 Å². The van der Waals surface area contributed by atoms with Crippen molar-refractivity contribution in [1.82, 2.24) is 5.32 Å². The maximum absolute atomic E-state index is 11.6. The van der Waals surface area contributed by atoms with E-state index in [9.17, 15) is 14.2 Å². The van der Waals surface area contributed by atoms with Crippen molar-refractivity contribution in [1.29, 1.82) is 0 Å². The molecule has 0 rings (SSSR count). The second-order valence-corrected chi connectivity index (χ2v) is 6.33. The van der Waals surface area contributed by atoms with Gasteiger partial charge in [-0.25, -0.2) is 4.79 Å². The summed E-state index contributed by atoms with van der Waals surface area (Å²) in [5, 5.41) is 2.44. The van der Waals surface area contributed by atoms with Crippen LogP contribution >= 0.6 is 7.37 Å². The number of carbonyl (C=O) groups is 2. The first kappa shape index (κ1) is 15.1. The number of rotatable bonds is 6. The Morgan fingerprint density at radius 2 is 1.94 bits per heavy atom. The Hall–Kier alpha value is -0.870. The van der Waals surface area contributed by atoms with E-state index in [4.69, 9.17) is 4.52 Å². The summed E-state index contributed by atoms with van der Waals surface area (Å²) in [6.45, 7) is 2.78. The summed E-state index contributed by atoms with van der Waals surface area (Å²) in [6.07, 6.45) is 0.442. The third-order valence-corrected chi connectivity index (χ3v) is 3.92. The molecular weight excluding hydrogens is 233 g/mol. The molecule has 2 unspecified atom stereocenters. The monoisotopic (exact) mass is 251 g/mol. The molecule has 0 aliphatic carbocycles. The van der Waals surface area contributed by atoms with Crippen LogP contribution < -0.4 is 5.32 Å². The Bertz CT molecular complexity index is 304.